The summed E-state index contributed by atoms with van der Waals surface area (Å²) in [6.07, 6.45) is 4.81. The first-order valence-electron chi connectivity index (χ1n) is 11.8. The third-order valence-corrected chi connectivity index (χ3v) is 8.17. The molecule has 2 aliphatic carbocycles. The molecule has 3 aromatic rings. The third-order valence-electron chi connectivity index (χ3n) is 7.52. The number of anilines is 1. The molecule has 1 aromatic carbocycles. The topological polar surface area (TPSA) is 106 Å². The monoisotopic (exact) mass is 548 g/mol. The van der Waals surface area contributed by atoms with E-state index in [2.05, 4.69) is 75.4 Å². The van der Waals surface area contributed by atoms with Gasteiger partial charge >= 0.3 is 0 Å². The summed E-state index contributed by atoms with van der Waals surface area (Å²) < 4.78 is 14.8. The number of phenolic OH excluding ortho intramolecular Hbond substituents is 1. The van der Waals surface area contributed by atoms with Crippen molar-refractivity contribution >= 4 is 43.7 Å². The molecule has 36 heavy (non-hydrogen) atoms. The minimum absolute atomic E-state index is 0.0193. The van der Waals surface area contributed by atoms with Gasteiger partial charge in [-0.1, -0.05) is 26.3 Å². The van der Waals surface area contributed by atoms with Crippen LogP contribution in [0.25, 0.3) is 22.8 Å². The number of tetrazole rings is 1. The van der Waals surface area contributed by atoms with Gasteiger partial charge in [-0.2, -0.15) is 4.80 Å². The highest BCUT2D eigenvalue weighted by molar-refractivity contribution is 8.17. The number of phenols is 1. The van der Waals surface area contributed by atoms with Crippen LogP contribution in [0.4, 0.5) is 10.2 Å². The van der Waals surface area contributed by atoms with Crippen molar-refractivity contribution in [2.75, 3.05) is 4.90 Å². The predicted molar refractivity (Wildman–Crippen MR) is 145 cm³/mol. The van der Waals surface area contributed by atoms with Gasteiger partial charge in [0.15, 0.2) is 15.2 Å². The standard InChI is InChI=1S/C23H29FN8OS3/c1-21-7-4-8-22(2,12-21)18(24)15(10-21)32(23(34,35)36)17-11-25-20(27-26-17)14-6-5-13(9-16(14)33)19-28-30-31(3)29-19/h5-6,9,11,15,18,33-36H,4,7-8,10,12H2,1-3H3/t15-,18-,21-,22-/m1/s1. The summed E-state index contributed by atoms with van der Waals surface area (Å²) in [5, 5.41) is 31.1. The maximum absolute atomic E-state index is 16.1. The molecule has 0 saturated heterocycles. The molecule has 2 heterocycles. The Kier molecular flexibility index (Phi) is 6.39. The molecule has 2 aromatic heterocycles. The highest BCUT2D eigenvalue weighted by Crippen LogP contribution is 2.58. The lowest BCUT2D eigenvalue weighted by Crippen LogP contribution is -2.60. The Balaban J connectivity index is 1.46. The summed E-state index contributed by atoms with van der Waals surface area (Å²) in [6, 6.07) is 4.39. The molecule has 2 fully saturated rings. The van der Waals surface area contributed by atoms with Crippen LogP contribution in [-0.2, 0) is 7.05 Å². The van der Waals surface area contributed by atoms with Gasteiger partial charge in [0.1, 0.15) is 11.9 Å². The van der Waals surface area contributed by atoms with Crippen LogP contribution in [-0.4, -0.2) is 56.2 Å². The maximum atomic E-state index is 16.1. The summed E-state index contributed by atoms with van der Waals surface area (Å²) in [6.45, 7) is 4.27. The van der Waals surface area contributed by atoms with Crippen LogP contribution in [0.2, 0.25) is 0 Å². The molecule has 0 aliphatic heterocycles. The fourth-order valence-electron chi connectivity index (χ4n) is 6.08. The fourth-order valence-corrected chi connectivity index (χ4v) is 6.84. The van der Waals surface area contributed by atoms with Gasteiger partial charge in [-0.05, 0) is 48.4 Å². The number of benzene rings is 1. The SMILES string of the molecule is Cn1nnc(-c2ccc(-c3ncc(N([C@@H]4C[C@@]5(C)CCC[C@](C)(C5)[C@@H]4F)C(S)(S)S)nn3)c(O)c2)n1. The second-order valence-electron chi connectivity index (χ2n) is 10.6. The summed E-state index contributed by atoms with van der Waals surface area (Å²) in [4.78, 5) is 7.43. The molecule has 2 saturated carbocycles. The van der Waals surface area contributed by atoms with E-state index in [-0.39, 0.29) is 17.0 Å². The fraction of sp³-hybridized carbons (Fsp3) is 0.565. The average molecular weight is 549 g/mol. The van der Waals surface area contributed by atoms with Crippen LogP contribution in [0.5, 0.6) is 5.75 Å². The van der Waals surface area contributed by atoms with Crippen molar-refractivity contribution in [3.8, 4) is 28.5 Å². The van der Waals surface area contributed by atoms with Crippen molar-refractivity contribution in [3.63, 3.8) is 0 Å². The van der Waals surface area contributed by atoms with Gasteiger partial charge < -0.3 is 10.0 Å². The normalized spacial score (nSPS) is 28.2. The minimum Gasteiger partial charge on any atom is -0.507 e. The quantitative estimate of drug-likeness (QED) is 0.276. The minimum atomic E-state index is -1.29. The average Bonchev–Trinajstić information content (AvgIpc) is 3.23. The lowest BCUT2D eigenvalue weighted by molar-refractivity contribution is -0.0549. The molecular weight excluding hydrogens is 520 g/mol. The number of aromatic nitrogens is 7. The Hall–Kier alpha value is -2.12. The lowest BCUT2D eigenvalue weighted by Gasteiger charge is -2.57. The summed E-state index contributed by atoms with van der Waals surface area (Å²) in [5.41, 5.74) is 0.577. The van der Waals surface area contributed by atoms with Gasteiger partial charge in [-0.25, -0.2) is 9.37 Å². The van der Waals surface area contributed by atoms with E-state index in [1.807, 2.05) is 6.92 Å². The van der Waals surface area contributed by atoms with Crippen molar-refractivity contribution in [2.45, 2.75) is 61.7 Å². The van der Waals surface area contributed by atoms with E-state index in [0.29, 0.717) is 29.2 Å². The first kappa shape index (κ1) is 25.5. The van der Waals surface area contributed by atoms with Gasteiger partial charge in [-0.3, -0.25) is 0 Å². The lowest BCUT2D eigenvalue weighted by atomic mass is 9.54. The van der Waals surface area contributed by atoms with Gasteiger partial charge in [0.05, 0.1) is 24.8 Å². The smallest absolute Gasteiger partial charge is 0.205 e. The van der Waals surface area contributed by atoms with Gasteiger partial charge in [0, 0.05) is 11.0 Å². The van der Waals surface area contributed by atoms with E-state index in [1.54, 1.807) is 24.1 Å². The Labute approximate surface area is 225 Å². The number of nitrogens with zero attached hydrogens (tertiary/aromatic N) is 8. The van der Waals surface area contributed by atoms with Crippen molar-refractivity contribution in [2.24, 2.45) is 17.9 Å². The zero-order chi connectivity index (χ0) is 25.9. The van der Waals surface area contributed by atoms with Gasteiger partial charge in [-0.15, -0.1) is 58.3 Å². The number of alkyl halides is 1. The number of aryl methyl sites for hydroxylation is 1. The van der Waals surface area contributed by atoms with Crippen molar-refractivity contribution in [1.82, 2.24) is 35.4 Å². The van der Waals surface area contributed by atoms with Crippen molar-refractivity contribution < 1.29 is 9.50 Å². The van der Waals surface area contributed by atoms with Gasteiger partial charge in [0.25, 0.3) is 0 Å². The van der Waals surface area contributed by atoms with Crippen molar-refractivity contribution in [1.29, 1.82) is 0 Å². The van der Waals surface area contributed by atoms with E-state index in [1.165, 1.54) is 17.1 Å². The zero-order valence-corrected chi connectivity index (χ0v) is 22.9. The number of hydrogen-bond donors (Lipinski definition) is 4. The highest BCUT2D eigenvalue weighted by Gasteiger charge is 2.56. The number of thiol groups is 3. The van der Waals surface area contributed by atoms with Crippen molar-refractivity contribution in [3.05, 3.63) is 24.4 Å². The second-order valence-corrected chi connectivity index (χ2v) is 13.6. The summed E-state index contributed by atoms with van der Waals surface area (Å²) in [7, 11) is 1.66. The molecule has 4 atom stereocenters. The number of hydrogen-bond acceptors (Lipinski definition) is 11. The molecule has 5 rings (SSSR count). The third kappa shape index (κ3) is 4.65. The molecule has 2 bridgehead atoms. The molecular formula is C23H29FN8OS3. The van der Waals surface area contributed by atoms with E-state index in [4.69, 9.17) is 0 Å². The predicted octanol–water partition coefficient (Wildman–Crippen LogP) is 4.34. The Morgan fingerprint density at radius 1 is 1.14 bits per heavy atom. The van der Waals surface area contributed by atoms with Crippen LogP contribution in [0.1, 0.15) is 46.0 Å². The maximum Gasteiger partial charge on any atom is 0.205 e. The zero-order valence-electron chi connectivity index (χ0n) is 20.2. The molecule has 1 N–H and O–H groups in total. The molecule has 192 valence electrons. The van der Waals surface area contributed by atoms with E-state index < -0.39 is 21.2 Å². The van der Waals surface area contributed by atoms with E-state index in [9.17, 15) is 5.11 Å². The first-order chi connectivity index (χ1) is 16.9. The first-order valence-corrected chi connectivity index (χ1v) is 13.1. The molecule has 0 amide bonds. The largest absolute Gasteiger partial charge is 0.507 e. The number of halogens is 1. The molecule has 13 heteroatoms. The molecule has 2 aliphatic rings. The Morgan fingerprint density at radius 3 is 2.53 bits per heavy atom. The summed E-state index contributed by atoms with van der Waals surface area (Å²) in [5.74, 6) is 0.869. The number of rotatable bonds is 5. The molecule has 0 radical (unpaired) electrons. The molecule has 0 spiro atoms. The van der Waals surface area contributed by atoms with Crippen LogP contribution < -0.4 is 4.90 Å². The van der Waals surface area contributed by atoms with Crippen LogP contribution in [0.15, 0.2) is 24.4 Å². The van der Waals surface area contributed by atoms with Crippen LogP contribution in [0.3, 0.4) is 0 Å². The Morgan fingerprint density at radius 2 is 1.92 bits per heavy atom. The number of fused-ring (bicyclic) bond motifs is 2. The van der Waals surface area contributed by atoms with E-state index >= 15 is 4.39 Å². The van der Waals surface area contributed by atoms with E-state index in [0.717, 1.165) is 25.7 Å². The number of aromatic hydroxyl groups is 1. The summed E-state index contributed by atoms with van der Waals surface area (Å²) >= 11 is 13.7. The second kappa shape index (κ2) is 9.02. The highest BCUT2D eigenvalue weighted by atomic mass is 32.2. The van der Waals surface area contributed by atoms with Crippen LogP contribution >= 0.6 is 37.9 Å². The molecule has 9 nitrogen and oxygen atoms in total. The molecule has 0 unspecified atom stereocenters. The van der Waals surface area contributed by atoms with Gasteiger partial charge in [0.2, 0.25) is 5.82 Å². The Bertz CT molecular complexity index is 1270. The van der Waals surface area contributed by atoms with Crippen LogP contribution in [0, 0.1) is 10.8 Å².